The highest BCUT2D eigenvalue weighted by Gasteiger charge is 2.24. The van der Waals surface area contributed by atoms with Crippen LogP contribution in [0.5, 0.6) is 0 Å². The summed E-state index contributed by atoms with van der Waals surface area (Å²) in [6.45, 7) is 5.91. The molecule has 1 nitrogen and oxygen atoms in total. The molecule has 1 atom stereocenters. The van der Waals surface area contributed by atoms with Crippen LogP contribution in [0.25, 0.3) is 0 Å². The topological polar surface area (TPSA) is 12.0 Å². The summed E-state index contributed by atoms with van der Waals surface area (Å²) in [6.07, 6.45) is 8.78. The minimum absolute atomic E-state index is 0.871. The van der Waals surface area contributed by atoms with E-state index in [0.717, 1.165) is 17.8 Å². The fraction of sp³-hybridized carbons (Fsp3) is 1.00. The van der Waals surface area contributed by atoms with E-state index < -0.39 is 0 Å². The number of nitrogens with one attached hydrogen (secondary N) is 1. The van der Waals surface area contributed by atoms with Gasteiger partial charge in [-0.25, -0.2) is 0 Å². The van der Waals surface area contributed by atoms with Crippen molar-refractivity contribution in [3.8, 4) is 0 Å². The third-order valence-electron chi connectivity index (χ3n) is 3.65. The zero-order valence-corrected chi connectivity index (χ0v) is 10.2. The van der Waals surface area contributed by atoms with Crippen LogP contribution in [-0.4, -0.2) is 13.6 Å². The summed E-state index contributed by atoms with van der Waals surface area (Å²) in [6, 6.07) is 0. The van der Waals surface area contributed by atoms with Crippen molar-refractivity contribution >= 4 is 0 Å². The molecule has 0 amide bonds. The maximum Gasteiger partial charge on any atom is -0.00209 e. The van der Waals surface area contributed by atoms with Crippen LogP contribution < -0.4 is 5.32 Å². The summed E-state index contributed by atoms with van der Waals surface area (Å²) >= 11 is 0. The summed E-state index contributed by atoms with van der Waals surface area (Å²) in [5, 5.41) is 3.37. The molecule has 1 heteroatoms. The molecule has 0 heterocycles. The Balaban J connectivity index is 2.29. The molecular formula is C13H27N. The quantitative estimate of drug-likeness (QED) is 0.687. The van der Waals surface area contributed by atoms with E-state index in [1.165, 1.54) is 45.1 Å². The first-order chi connectivity index (χ1) is 6.74. The number of rotatable bonds is 6. The predicted molar refractivity (Wildman–Crippen MR) is 63.4 cm³/mol. The number of hydrogen-bond acceptors (Lipinski definition) is 1. The Bertz CT molecular complexity index is 136. The van der Waals surface area contributed by atoms with Gasteiger partial charge in [-0.2, -0.15) is 0 Å². The molecule has 84 valence electrons. The van der Waals surface area contributed by atoms with Gasteiger partial charge in [0.2, 0.25) is 0 Å². The minimum Gasteiger partial charge on any atom is -0.319 e. The molecule has 0 aliphatic heterocycles. The SMILES string of the molecule is CNCC(CCC(C)C)C1CCCC1. The van der Waals surface area contributed by atoms with Gasteiger partial charge >= 0.3 is 0 Å². The second kappa shape index (κ2) is 6.44. The summed E-state index contributed by atoms with van der Waals surface area (Å²) in [4.78, 5) is 0. The molecule has 1 aliphatic carbocycles. The van der Waals surface area contributed by atoms with E-state index >= 15 is 0 Å². The van der Waals surface area contributed by atoms with E-state index in [-0.39, 0.29) is 0 Å². The van der Waals surface area contributed by atoms with Crippen LogP contribution in [0.1, 0.15) is 52.4 Å². The predicted octanol–water partition coefficient (Wildman–Crippen LogP) is 3.45. The van der Waals surface area contributed by atoms with Gasteiger partial charge in [-0.3, -0.25) is 0 Å². The molecule has 0 spiro atoms. The average molecular weight is 197 g/mol. The van der Waals surface area contributed by atoms with E-state index in [2.05, 4.69) is 26.2 Å². The van der Waals surface area contributed by atoms with Crippen LogP contribution in [0, 0.1) is 17.8 Å². The molecule has 0 aromatic heterocycles. The van der Waals surface area contributed by atoms with Crippen LogP contribution in [0.15, 0.2) is 0 Å². The first kappa shape index (κ1) is 12.0. The zero-order valence-electron chi connectivity index (χ0n) is 10.2. The fourth-order valence-electron chi connectivity index (χ4n) is 2.74. The highest BCUT2D eigenvalue weighted by Crippen LogP contribution is 2.33. The molecule has 14 heavy (non-hydrogen) atoms. The molecular weight excluding hydrogens is 170 g/mol. The Morgan fingerprint density at radius 1 is 1.14 bits per heavy atom. The normalized spacial score (nSPS) is 20.6. The molecule has 0 bridgehead atoms. The fourth-order valence-corrected chi connectivity index (χ4v) is 2.74. The Morgan fingerprint density at radius 3 is 2.29 bits per heavy atom. The van der Waals surface area contributed by atoms with Crippen molar-refractivity contribution in [3.63, 3.8) is 0 Å². The van der Waals surface area contributed by atoms with Crippen LogP contribution in [0.3, 0.4) is 0 Å². The molecule has 1 fully saturated rings. The van der Waals surface area contributed by atoms with Gasteiger partial charge < -0.3 is 5.32 Å². The van der Waals surface area contributed by atoms with Crippen molar-refractivity contribution in [2.45, 2.75) is 52.4 Å². The summed E-state index contributed by atoms with van der Waals surface area (Å²) in [7, 11) is 2.09. The molecule has 0 aromatic carbocycles. The van der Waals surface area contributed by atoms with Crippen molar-refractivity contribution in [2.75, 3.05) is 13.6 Å². The van der Waals surface area contributed by atoms with Gasteiger partial charge in [0.1, 0.15) is 0 Å². The molecule has 0 saturated heterocycles. The first-order valence-corrected chi connectivity index (χ1v) is 6.38. The van der Waals surface area contributed by atoms with Crippen molar-refractivity contribution in [2.24, 2.45) is 17.8 Å². The van der Waals surface area contributed by atoms with Gasteiger partial charge in [-0.15, -0.1) is 0 Å². The van der Waals surface area contributed by atoms with Crippen LogP contribution >= 0.6 is 0 Å². The lowest BCUT2D eigenvalue weighted by atomic mass is 9.85. The van der Waals surface area contributed by atoms with Gasteiger partial charge in [0, 0.05) is 0 Å². The van der Waals surface area contributed by atoms with Gasteiger partial charge in [0.05, 0.1) is 0 Å². The van der Waals surface area contributed by atoms with Crippen LogP contribution in [0.4, 0.5) is 0 Å². The number of hydrogen-bond donors (Lipinski definition) is 1. The lowest BCUT2D eigenvalue weighted by molar-refractivity contribution is 0.291. The Kier molecular flexibility index (Phi) is 5.54. The van der Waals surface area contributed by atoms with Gasteiger partial charge in [0.25, 0.3) is 0 Å². The monoisotopic (exact) mass is 197 g/mol. The first-order valence-electron chi connectivity index (χ1n) is 6.38. The largest absolute Gasteiger partial charge is 0.319 e. The van der Waals surface area contributed by atoms with Crippen molar-refractivity contribution < 1.29 is 0 Å². The second-order valence-corrected chi connectivity index (χ2v) is 5.33. The summed E-state index contributed by atoms with van der Waals surface area (Å²) in [5.74, 6) is 2.85. The highest BCUT2D eigenvalue weighted by molar-refractivity contribution is 4.77. The lowest BCUT2D eigenvalue weighted by Crippen LogP contribution is -2.25. The molecule has 1 rings (SSSR count). The maximum absolute atomic E-state index is 3.37. The van der Waals surface area contributed by atoms with E-state index in [4.69, 9.17) is 0 Å². The van der Waals surface area contributed by atoms with E-state index in [1.807, 2.05) is 0 Å². The highest BCUT2D eigenvalue weighted by atomic mass is 14.8. The molecule has 0 aromatic rings. The van der Waals surface area contributed by atoms with Crippen molar-refractivity contribution in [3.05, 3.63) is 0 Å². The molecule has 1 N–H and O–H groups in total. The zero-order chi connectivity index (χ0) is 10.4. The average Bonchev–Trinajstić information content (AvgIpc) is 2.64. The Morgan fingerprint density at radius 2 is 1.79 bits per heavy atom. The standard InChI is InChI=1S/C13H27N/c1-11(2)8-9-13(10-14-3)12-6-4-5-7-12/h11-14H,4-10H2,1-3H3. The summed E-state index contributed by atoms with van der Waals surface area (Å²) < 4.78 is 0. The van der Waals surface area contributed by atoms with Crippen LogP contribution in [0.2, 0.25) is 0 Å². The van der Waals surface area contributed by atoms with Crippen molar-refractivity contribution in [1.82, 2.24) is 5.32 Å². The van der Waals surface area contributed by atoms with E-state index in [1.54, 1.807) is 0 Å². The minimum atomic E-state index is 0.871. The second-order valence-electron chi connectivity index (χ2n) is 5.33. The molecule has 0 radical (unpaired) electrons. The van der Waals surface area contributed by atoms with Gasteiger partial charge in [-0.1, -0.05) is 46.0 Å². The summed E-state index contributed by atoms with van der Waals surface area (Å²) in [5.41, 5.74) is 0. The lowest BCUT2D eigenvalue weighted by Gasteiger charge is -2.23. The Hall–Kier alpha value is -0.0400. The molecule has 1 aliphatic rings. The van der Waals surface area contributed by atoms with E-state index in [0.29, 0.717) is 0 Å². The Labute approximate surface area is 89.7 Å². The van der Waals surface area contributed by atoms with Gasteiger partial charge in [-0.05, 0) is 37.8 Å². The third kappa shape index (κ3) is 4.00. The maximum atomic E-state index is 3.37. The molecule has 1 unspecified atom stereocenters. The van der Waals surface area contributed by atoms with Crippen LogP contribution in [-0.2, 0) is 0 Å². The van der Waals surface area contributed by atoms with Gasteiger partial charge in [0.15, 0.2) is 0 Å². The third-order valence-corrected chi connectivity index (χ3v) is 3.65. The molecule has 1 saturated carbocycles. The smallest absolute Gasteiger partial charge is 0.00209 e. The van der Waals surface area contributed by atoms with Crippen molar-refractivity contribution in [1.29, 1.82) is 0 Å². The van der Waals surface area contributed by atoms with E-state index in [9.17, 15) is 0 Å².